The highest BCUT2D eigenvalue weighted by molar-refractivity contribution is 5.98. The van der Waals surface area contributed by atoms with Crippen LogP contribution in [-0.4, -0.2) is 20.6 Å². The maximum atomic E-state index is 11.4. The van der Waals surface area contributed by atoms with Crippen LogP contribution in [0.3, 0.4) is 0 Å². The number of pyridine rings is 1. The molecular weight excluding hydrogens is 432 g/mol. The number of aryl methyl sites for hydroxylation is 2. The number of rotatable bonds is 10. The fraction of sp³-hybridized carbons (Fsp3) is 0.355. The topological polar surface area (TPSA) is 55.1 Å². The average Bonchev–Trinajstić information content (AvgIpc) is 3.26. The second kappa shape index (κ2) is 10.9. The number of benzene rings is 2. The van der Waals surface area contributed by atoms with Crippen molar-refractivity contribution in [3.63, 3.8) is 0 Å². The summed E-state index contributed by atoms with van der Waals surface area (Å²) in [7, 11) is 0. The number of fused-ring (bicyclic) bond motifs is 1. The van der Waals surface area contributed by atoms with E-state index in [2.05, 4.69) is 62.7 Å². The molecule has 35 heavy (non-hydrogen) atoms. The molecule has 0 fully saturated rings. The van der Waals surface area contributed by atoms with Gasteiger partial charge in [0.1, 0.15) is 0 Å². The standard InChI is InChI=1S/C31H36N2O2/c1-5-10-25(11-6-2)33-20-27(23-14-16-24(17-15-23)31(34)35)26-18-28(32-19-29(26)33)30-21(7-3)12-9-13-22(30)8-4/h9,12-20,25H,5-8,10-11H2,1-4H3,(H,34,35). The van der Waals surface area contributed by atoms with Crippen molar-refractivity contribution >= 4 is 16.9 Å². The van der Waals surface area contributed by atoms with Crippen LogP contribution < -0.4 is 0 Å². The Balaban J connectivity index is 1.96. The van der Waals surface area contributed by atoms with E-state index in [1.54, 1.807) is 12.1 Å². The maximum absolute atomic E-state index is 11.4. The number of nitrogens with zero attached hydrogens (tertiary/aromatic N) is 2. The van der Waals surface area contributed by atoms with E-state index in [9.17, 15) is 9.90 Å². The summed E-state index contributed by atoms with van der Waals surface area (Å²) in [6.45, 7) is 8.88. The molecule has 4 rings (SSSR count). The third-order valence-electron chi connectivity index (χ3n) is 7.05. The highest BCUT2D eigenvalue weighted by atomic mass is 16.4. The first-order valence-electron chi connectivity index (χ1n) is 13.0. The minimum Gasteiger partial charge on any atom is -0.478 e. The van der Waals surface area contributed by atoms with Gasteiger partial charge in [-0.2, -0.15) is 0 Å². The van der Waals surface area contributed by atoms with Crippen LogP contribution in [-0.2, 0) is 12.8 Å². The molecule has 2 aromatic heterocycles. The van der Waals surface area contributed by atoms with E-state index in [1.165, 1.54) is 22.1 Å². The number of carboxylic acid groups (broad SMARTS) is 1. The number of hydrogen-bond acceptors (Lipinski definition) is 2. The largest absolute Gasteiger partial charge is 0.478 e. The Kier molecular flexibility index (Phi) is 7.70. The summed E-state index contributed by atoms with van der Waals surface area (Å²) in [4.78, 5) is 16.4. The molecule has 0 saturated carbocycles. The predicted molar refractivity (Wildman–Crippen MR) is 145 cm³/mol. The van der Waals surface area contributed by atoms with Gasteiger partial charge < -0.3 is 9.67 Å². The summed E-state index contributed by atoms with van der Waals surface area (Å²) < 4.78 is 2.41. The molecule has 1 N–H and O–H groups in total. The van der Waals surface area contributed by atoms with Crippen LogP contribution in [0.15, 0.2) is 60.9 Å². The molecule has 0 bridgehead atoms. The summed E-state index contributed by atoms with van der Waals surface area (Å²) in [5.74, 6) is -0.903. The van der Waals surface area contributed by atoms with Gasteiger partial charge in [0.25, 0.3) is 0 Å². The second-order valence-corrected chi connectivity index (χ2v) is 9.31. The van der Waals surface area contributed by atoms with Crippen LogP contribution in [0.1, 0.15) is 80.9 Å². The number of carbonyl (C=O) groups is 1. The molecule has 0 spiro atoms. The first kappa shape index (κ1) is 24.7. The molecule has 0 aliphatic carbocycles. The van der Waals surface area contributed by atoms with Gasteiger partial charge in [-0.25, -0.2) is 4.79 Å². The molecule has 2 aromatic carbocycles. The van der Waals surface area contributed by atoms with Crippen molar-refractivity contribution in [2.75, 3.05) is 0 Å². The van der Waals surface area contributed by atoms with Gasteiger partial charge in [-0.05, 0) is 60.6 Å². The number of aromatic nitrogens is 2. The van der Waals surface area contributed by atoms with Crippen LogP contribution >= 0.6 is 0 Å². The number of aromatic carboxylic acids is 1. The zero-order valence-electron chi connectivity index (χ0n) is 21.3. The van der Waals surface area contributed by atoms with Crippen molar-refractivity contribution < 1.29 is 9.90 Å². The minimum atomic E-state index is -0.903. The summed E-state index contributed by atoms with van der Waals surface area (Å²) in [5.41, 5.74) is 8.50. The van der Waals surface area contributed by atoms with Gasteiger partial charge in [0.15, 0.2) is 0 Å². The maximum Gasteiger partial charge on any atom is 0.335 e. The average molecular weight is 469 g/mol. The molecule has 182 valence electrons. The lowest BCUT2D eigenvalue weighted by atomic mass is 9.94. The third kappa shape index (κ3) is 4.88. The lowest BCUT2D eigenvalue weighted by Gasteiger charge is -2.19. The Morgan fingerprint density at radius 2 is 1.57 bits per heavy atom. The molecule has 0 atom stereocenters. The Morgan fingerprint density at radius 3 is 2.11 bits per heavy atom. The normalized spacial score (nSPS) is 11.5. The monoisotopic (exact) mass is 468 g/mol. The summed E-state index contributed by atoms with van der Waals surface area (Å²) in [5, 5.41) is 10.5. The van der Waals surface area contributed by atoms with Crippen LogP contribution in [0.2, 0.25) is 0 Å². The Morgan fingerprint density at radius 1 is 0.943 bits per heavy atom. The number of carboxylic acids is 1. The van der Waals surface area contributed by atoms with E-state index in [1.807, 2.05) is 18.3 Å². The molecule has 2 heterocycles. The SMILES string of the molecule is CCCC(CCC)n1cc(-c2ccc(C(=O)O)cc2)c2cc(-c3c(CC)cccc3CC)ncc21. The molecule has 0 aliphatic heterocycles. The van der Waals surface area contributed by atoms with Crippen molar-refractivity contribution in [2.24, 2.45) is 0 Å². The van der Waals surface area contributed by atoms with Crippen LogP contribution in [0, 0.1) is 0 Å². The van der Waals surface area contributed by atoms with Gasteiger partial charge in [-0.15, -0.1) is 0 Å². The molecule has 4 nitrogen and oxygen atoms in total. The Hall–Kier alpha value is -3.40. The van der Waals surface area contributed by atoms with Crippen molar-refractivity contribution in [3.05, 3.63) is 77.6 Å². The fourth-order valence-corrected chi connectivity index (χ4v) is 5.27. The zero-order chi connectivity index (χ0) is 24.9. The van der Waals surface area contributed by atoms with Crippen LogP contribution in [0.25, 0.3) is 33.3 Å². The van der Waals surface area contributed by atoms with E-state index in [-0.39, 0.29) is 0 Å². The zero-order valence-corrected chi connectivity index (χ0v) is 21.3. The highest BCUT2D eigenvalue weighted by Crippen LogP contribution is 2.38. The second-order valence-electron chi connectivity index (χ2n) is 9.31. The van der Waals surface area contributed by atoms with E-state index >= 15 is 0 Å². The molecule has 0 saturated heterocycles. The van der Waals surface area contributed by atoms with Gasteiger partial charge >= 0.3 is 5.97 Å². The Bertz CT molecular complexity index is 1290. The smallest absolute Gasteiger partial charge is 0.335 e. The lowest BCUT2D eigenvalue weighted by molar-refractivity contribution is 0.0697. The van der Waals surface area contributed by atoms with Crippen molar-refractivity contribution in [2.45, 2.75) is 72.3 Å². The molecule has 4 heteroatoms. The van der Waals surface area contributed by atoms with E-state index in [4.69, 9.17) is 4.98 Å². The molecule has 0 unspecified atom stereocenters. The molecule has 0 radical (unpaired) electrons. The van der Waals surface area contributed by atoms with Gasteiger partial charge in [0, 0.05) is 28.8 Å². The summed E-state index contributed by atoms with van der Waals surface area (Å²) in [6, 6.07) is 16.5. The fourth-order valence-electron chi connectivity index (χ4n) is 5.27. The number of hydrogen-bond donors (Lipinski definition) is 1. The quantitative estimate of drug-likeness (QED) is 0.254. The van der Waals surface area contributed by atoms with Gasteiger partial charge in [0.2, 0.25) is 0 Å². The van der Waals surface area contributed by atoms with Gasteiger partial charge in [-0.1, -0.05) is 70.9 Å². The van der Waals surface area contributed by atoms with E-state index in [0.29, 0.717) is 11.6 Å². The molecule has 4 aromatic rings. The van der Waals surface area contributed by atoms with Crippen LogP contribution in [0.4, 0.5) is 0 Å². The van der Waals surface area contributed by atoms with Crippen LogP contribution in [0.5, 0.6) is 0 Å². The minimum absolute atomic E-state index is 0.305. The van der Waals surface area contributed by atoms with E-state index < -0.39 is 5.97 Å². The van der Waals surface area contributed by atoms with Gasteiger partial charge in [0.05, 0.1) is 23.0 Å². The molecule has 0 amide bonds. The summed E-state index contributed by atoms with van der Waals surface area (Å²) in [6.07, 6.45) is 10.7. The predicted octanol–water partition coefficient (Wildman–Crippen LogP) is 8.33. The summed E-state index contributed by atoms with van der Waals surface area (Å²) >= 11 is 0. The van der Waals surface area contributed by atoms with Gasteiger partial charge in [-0.3, -0.25) is 4.98 Å². The Labute approximate surface area is 208 Å². The molecular formula is C31H36N2O2. The van der Waals surface area contributed by atoms with E-state index in [0.717, 1.165) is 60.9 Å². The lowest BCUT2D eigenvalue weighted by Crippen LogP contribution is -2.07. The van der Waals surface area contributed by atoms with Crippen molar-refractivity contribution in [1.29, 1.82) is 0 Å². The third-order valence-corrected chi connectivity index (χ3v) is 7.05. The van der Waals surface area contributed by atoms with Crippen molar-refractivity contribution in [3.8, 4) is 22.4 Å². The van der Waals surface area contributed by atoms with Crippen molar-refractivity contribution in [1.82, 2.24) is 9.55 Å². The first-order chi connectivity index (χ1) is 17.0. The molecule has 0 aliphatic rings. The highest BCUT2D eigenvalue weighted by Gasteiger charge is 2.19. The first-order valence-corrected chi connectivity index (χ1v) is 13.0.